The number of alkyl halides is 3. The fourth-order valence-electron chi connectivity index (χ4n) is 1.67. The van der Waals surface area contributed by atoms with E-state index in [1.807, 2.05) is 0 Å². The zero-order chi connectivity index (χ0) is 15.6. The van der Waals surface area contributed by atoms with E-state index in [2.05, 4.69) is 22.6 Å². The van der Waals surface area contributed by atoms with Crippen molar-refractivity contribution in [1.29, 1.82) is 0 Å². The maximum absolute atomic E-state index is 12.9. The molecule has 21 heavy (non-hydrogen) atoms. The van der Waals surface area contributed by atoms with E-state index in [-0.39, 0.29) is 5.75 Å². The summed E-state index contributed by atoms with van der Waals surface area (Å²) in [6.45, 7) is 0. The first-order valence-electron chi connectivity index (χ1n) is 5.72. The second-order valence-corrected chi connectivity index (χ2v) is 5.37. The molecule has 0 unspecified atom stereocenters. The Balaban J connectivity index is 2.38. The van der Waals surface area contributed by atoms with Gasteiger partial charge in [0.15, 0.2) is 0 Å². The fourth-order valence-corrected chi connectivity index (χ4v) is 2.03. The van der Waals surface area contributed by atoms with E-state index in [9.17, 15) is 18.0 Å². The van der Waals surface area contributed by atoms with Crippen LogP contribution in [0.25, 0.3) is 0 Å². The average Bonchev–Trinajstić information content (AvgIpc) is 2.40. The summed E-state index contributed by atoms with van der Waals surface area (Å²) >= 11 is 2.10. The van der Waals surface area contributed by atoms with Crippen molar-refractivity contribution < 1.29 is 22.7 Å². The molecule has 2 N–H and O–H groups in total. The number of ether oxygens (including phenoxy) is 1. The number of rotatable bonds is 3. The van der Waals surface area contributed by atoms with Crippen LogP contribution in [0.2, 0.25) is 0 Å². The summed E-state index contributed by atoms with van der Waals surface area (Å²) in [6, 6.07) is 9.84. The molecule has 7 heteroatoms. The number of hydrogen-bond donors (Lipinski definition) is 1. The van der Waals surface area contributed by atoms with Gasteiger partial charge in [-0.15, -0.1) is 0 Å². The lowest BCUT2D eigenvalue weighted by molar-refractivity contribution is -0.138. The van der Waals surface area contributed by atoms with Gasteiger partial charge in [-0.3, -0.25) is 4.79 Å². The second-order valence-electron chi connectivity index (χ2n) is 4.13. The predicted molar refractivity (Wildman–Crippen MR) is 79.2 cm³/mol. The number of amides is 1. The van der Waals surface area contributed by atoms with Crippen LogP contribution in [-0.2, 0) is 6.18 Å². The number of primary amides is 1. The van der Waals surface area contributed by atoms with Crippen molar-refractivity contribution in [2.24, 2.45) is 5.73 Å². The Morgan fingerprint density at radius 1 is 1.05 bits per heavy atom. The summed E-state index contributed by atoms with van der Waals surface area (Å²) in [6.07, 6.45) is -4.68. The molecule has 0 aliphatic rings. The van der Waals surface area contributed by atoms with Crippen LogP contribution in [-0.4, -0.2) is 5.91 Å². The monoisotopic (exact) mass is 407 g/mol. The lowest BCUT2D eigenvalue weighted by Gasteiger charge is -2.13. The Labute approximate surface area is 132 Å². The van der Waals surface area contributed by atoms with E-state index in [1.54, 1.807) is 24.3 Å². The first-order valence-corrected chi connectivity index (χ1v) is 6.80. The molecule has 2 aromatic carbocycles. The lowest BCUT2D eigenvalue weighted by atomic mass is 10.1. The van der Waals surface area contributed by atoms with E-state index in [4.69, 9.17) is 10.5 Å². The first-order chi connectivity index (χ1) is 9.77. The smallest absolute Gasteiger partial charge is 0.417 e. The number of benzene rings is 2. The quantitative estimate of drug-likeness (QED) is 0.776. The van der Waals surface area contributed by atoms with Gasteiger partial charge in [0, 0.05) is 3.57 Å². The predicted octanol–water partition coefficient (Wildman–Crippen LogP) is 4.20. The second kappa shape index (κ2) is 5.92. The summed E-state index contributed by atoms with van der Waals surface area (Å²) in [7, 11) is 0. The number of hydrogen-bond acceptors (Lipinski definition) is 2. The SMILES string of the molecule is NC(=O)c1ccc(Oc2ccc(I)cc2)cc1C(F)(F)F. The zero-order valence-electron chi connectivity index (χ0n) is 10.4. The average molecular weight is 407 g/mol. The van der Waals surface area contributed by atoms with Crippen LogP contribution in [0.1, 0.15) is 15.9 Å². The van der Waals surface area contributed by atoms with Crippen LogP contribution in [0.3, 0.4) is 0 Å². The van der Waals surface area contributed by atoms with Crippen molar-refractivity contribution >= 4 is 28.5 Å². The van der Waals surface area contributed by atoms with E-state index < -0.39 is 23.2 Å². The van der Waals surface area contributed by atoms with Gasteiger partial charge in [0.25, 0.3) is 0 Å². The molecule has 0 saturated heterocycles. The van der Waals surface area contributed by atoms with Gasteiger partial charge in [-0.2, -0.15) is 13.2 Å². The topological polar surface area (TPSA) is 52.3 Å². The van der Waals surface area contributed by atoms with Crippen molar-refractivity contribution in [3.63, 3.8) is 0 Å². The largest absolute Gasteiger partial charge is 0.457 e. The highest BCUT2D eigenvalue weighted by molar-refractivity contribution is 14.1. The molecule has 0 atom stereocenters. The molecule has 1 amide bonds. The number of halogens is 4. The maximum atomic E-state index is 12.9. The van der Waals surface area contributed by atoms with E-state index >= 15 is 0 Å². The highest BCUT2D eigenvalue weighted by Crippen LogP contribution is 2.35. The molecule has 0 aliphatic carbocycles. The molecule has 0 radical (unpaired) electrons. The molecule has 2 rings (SSSR count). The molecule has 0 spiro atoms. The highest BCUT2D eigenvalue weighted by atomic mass is 127. The highest BCUT2D eigenvalue weighted by Gasteiger charge is 2.35. The minimum Gasteiger partial charge on any atom is -0.457 e. The molecule has 0 aromatic heterocycles. The Morgan fingerprint density at radius 3 is 2.14 bits per heavy atom. The van der Waals surface area contributed by atoms with Gasteiger partial charge in [-0.05, 0) is 65.1 Å². The molecule has 110 valence electrons. The van der Waals surface area contributed by atoms with Gasteiger partial charge >= 0.3 is 6.18 Å². The van der Waals surface area contributed by atoms with Crippen LogP contribution < -0.4 is 10.5 Å². The summed E-state index contributed by atoms with van der Waals surface area (Å²) in [5, 5.41) is 0. The van der Waals surface area contributed by atoms with Gasteiger partial charge in [-0.1, -0.05) is 0 Å². The van der Waals surface area contributed by atoms with Crippen molar-refractivity contribution in [1.82, 2.24) is 0 Å². The molecular weight excluding hydrogens is 398 g/mol. The third-order valence-corrected chi connectivity index (χ3v) is 3.33. The Hall–Kier alpha value is -1.77. The normalized spacial score (nSPS) is 11.2. The standard InChI is InChI=1S/C14H9F3INO2/c15-14(16,17)12-7-10(5-6-11(12)13(19)20)21-9-3-1-8(18)2-4-9/h1-7H,(H2,19,20). The number of nitrogens with two attached hydrogens (primary N) is 1. The van der Waals surface area contributed by atoms with Crippen molar-refractivity contribution in [3.05, 3.63) is 57.2 Å². The molecule has 0 heterocycles. The van der Waals surface area contributed by atoms with Gasteiger partial charge in [0.05, 0.1) is 11.1 Å². The lowest BCUT2D eigenvalue weighted by Crippen LogP contribution is -2.18. The molecular formula is C14H9F3INO2. The molecule has 0 saturated carbocycles. The number of carbonyl (C=O) groups is 1. The molecule has 0 fully saturated rings. The first kappa shape index (κ1) is 15.6. The van der Waals surface area contributed by atoms with Gasteiger partial charge in [0.2, 0.25) is 5.91 Å². The summed E-state index contributed by atoms with van der Waals surface area (Å²) in [5.74, 6) is -0.757. The van der Waals surface area contributed by atoms with Gasteiger partial charge in [-0.25, -0.2) is 0 Å². The Morgan fingerprint density at radius 2 is 1.62 bits per heavy atom. The van der Waals surface area contributed by atoms with Crippen LogP contribution >= 0.6 is 22.6 Å². The van der Waals surface area contributed by atoms with Crippen LogP contribution in [0.5, 0.6) is 11.5 Å². The van der Waals surface area contributed by atoms with E-state index in [1.165, 1.54) is 6.07 Å². The Kier molecular flexibility index (Phi) is 4.40. The van der Waals surface area contributed by atoms with Crippen LogP contribution in [0.15, 0.2) is 42.5 Å². The van der Waals surface area contributed by atoms with Gasteiger partial charge in [0.1, 0.15) is 11.5 Å². The van der Waals surface area contributed by atoms with Crippen molar-refractivity contribution in [3.8, 4) is 11.5 Å². The minimum absolute atomic E-state index is 0.0199. The molecule has 0 bridgehead atoms. The van der Waals surface area contributed by atoms with E-state index in [0.29, 0.717) is 5.75 Å². The summed E-state index contributed by atoms with van der Waals surface area (Å²) in [5.41, 5.74) is 3.25. The summed E-state index contributed by atoms with van der Waals surface area (Å²) < 4.78 is 45.1. The molecule has 0 aliphatic heterocycles. The maximum Gasteiger partial charge on any atom is 0.417 e. The van der Waals surface area contributed by atoms with E-state index in [0.717, 1.165) is 15.7 Å². The minimum atomic E-state index is -4.68. The fraction of sp³-hybridized carbons (Fsp3) is 0.0714. The van der Waals surface area contributed by atoms with Crippen molar-refractivity contribution in [2.45, 2.75) is 6.18 Å². The third-order valence-electron chi connectivity index (χ3n) is 2.61. The summed E-state index contributed by atoms with van der Waals surface area (Å²) in [4.78, 5) is 11.1. The zero-order valence-corrected chi connectivity index (χ0v) is 12.6. The van der Waals surface area contributed by atoms with Crippen molar-refractivity contribution in [2.75, 3.05) is 0 Å². The van der Waals surface area contributed by atoms with Crippen LogP contribution in [0.4, 0.5) is 13.2 Å². The Bertz CT molecular complexity index is 669. The van der Waals surface area contributed by atoms with Gasteiger partial charge < -0.3 is 10.5 Å². The third kappa shape index (κ3) is 3.87. The van der Waals surface area contributed by atoms with Crippen LogP contribution in [0, 0.1) is 3.57 Å². The molecule has 3 nitrogen and oxygen atoms in total. The number of carbonyl (C=O) groups excluding carboxylic acids is 1. The molecule has 2 aromatic rings.